The quantitative estimate of drug-likeness (QED) is 0.820. The van der Waals surface area contributed by atoms with Crippen LogP contribution in [0.25, 0.3) is 10.9 Å². The van der Waals surface area contributed by atoms with E-state index in [0.717, 1.165) is 28.6 Å². The average Bonchev–Trinajstić information content (AvgIpc) is 2.52. The first kappa shape index (κ1) is 15.8. The summed E-state index contributed by atoms with van der Waals surface area (Å²) in [5.41, 5.74) is 7.98. The Morgan fingerprint density at radius 3 is 3.00 bits per heavy atom. The second-order valence-corrected chi connectivity index (χ2v) is 5.91. The van der Waals surface area contributed by atoms with Crippen molar-refractivity contribution in [1.82, 2.24) is 10.3 Å². The van der Waals surface area contributed by atoms with Crippen LogP contribution in [-0.2, 0) is 11.2 Å². The number of nitrogens with zero attached hydrogens (tertiary/aromatic N) is 1. The molecule has 0 bridgehead atoms. The number of fused-ring (bicyclic) bond motifs is 1. The molecule has 2 rings (SSSR count). The van der Waals surface area contributed by atoms with Crippen molar-refractivity contribution in [3.05, 3.63) is 42.1 Å². The smallest absolute Gasteiger partial charge is 0.236 e. The Labute approximate surface area is 129 Å². The van der Waals surface area contributed by atoms with Crippen LogP contribution in [0.2, 0.25) is 0 Å². The fourth-order valence-corrected chi connectivity index (χ4v) is 2.69. The van der Waals surface area contributed by atoms with Crippen LogP contribution in [0.15, 0.2) is 36.5 Å². The Balaban J connectivity index is 1.89. The van der Waals surface area contributed by atoms with Gasteiger partial charge >= 0.3 is 0 Å². The molecule has 0 radical (unpaired) electrons. The Morgan fingerprint density at radius 1 is 1.38 bits per heavy atom. The largest absolute Gasteiger partial charge is 0.354 e. The van der Waals surface area contributed by atoms with Crippen LogP contribution in [0.5, 0.6) is 0 Å². The highest BCUT2D eigenvalue weighted by Crippen LogP contribution is 2.15. The number of pyridine rings is 1. The molecule has 4 nitrogen and oxygen atoms in total. The van der Waals surface area contributed by atoms with Crippen molar-refractivity contribution in [2.75, 3.05) is 18.6 Å². The highest BCUT2D eigenvalue weighted by atomic mass is 32.2. The molecule has 1 aromatic carbocycles. The molecule has 0 spiro atoms. The molecule has 0 fully saturated rings. The third-order valence-electron chi connectivity index (χ3n) is 3.38. The standard InChI is InChI=1S/C16H21N3OS/c1-21-11-8-14(17)16(20)19-10-7-13-5-2-4-12-6-3-9-18-15(12)13/h2-6,9,14H,7-8,10-11,17H2,1H3,(H,19,20)/t14-/m0/s1. The van der Waals surface area contributed by atoms with E-state index in [1.54, 1.807) is 18.0 Å². The summed E-state index contributed by atoms with van der Waals surface area (Å²) >= 11 is 1.70. The van der Waals surface area contributed by atoms with Gasteiger partial charge in [0.25, 0.3) is 0 Å². The Morgan fingerprint density at radius 2 is 2.19 bits per heavy atom. The number of hydrogen-bond donors (Lipinski definition) is 2. The summed E-state index contributed by atoms with van der Waals surface area (Å²) in [5.74, 6) is 0.833. The van der Waals surface area contributed by atoms with Gasteiger partial charge in [0.2, 0.25) is 5.91 Å². The lowest BCUT2D eigenvalue weighted by atomic mass is 10.1. The van der Waals surface area contributed by atoms with Crippen LogP contribution in [0, 0.1) is 0 Å². The van der Waals surface area contributed by atoms with E-state index in [9.17, 15) is 4.79 Å². The number of rotatable bonds is 7. The van der Waals surface area contributed by atoms with E-state index < -0.39 is 6.04 Å². The zero-order valence-corrected chi connectivity index (χ0v) is 13.0. The van der Waals surface area contributed by atoms with Gasteiger partial charge in [-0.05, 0) is 36.5 Å². The average molecular weight is 303 g/mol. The lowest BCUT2D eigenvalue weighted by Gasteiger charge is -2.12. The van der Waals surface area contributed by atoms with E-state index in [2.05, 4.69) is 16.4 Å². The Kier molecular flexibility index (Phi) is 6.02. The molecule has 2 aromatic rings. The second-order valence-electron chi connectivity index (χ2n) is 4.92. The monoisotopic (exact) mass is 303 g/mol. The van der Waals surface area contributed by atoms with Crippen molar-refractivity contribution >= 4 is 28.6 Å². The maximum atomic E-state index is 11.8. The van der Waals surface area contributed by atoms with Gasteiger partial charge in [-0.25, -0.2) is 0 Å². The first-order valence-corrected chi connectivity index (χ1v) is 8.46. The minimum Gasteiger partial charge on any atom is -0.354 e. The van der Waals surface area contributed by atoms with Gasteiger partial charge in [0.1, 0.15) is 0 Å². The van der Waals surface area contributed by atoms with Crippen LogP contribution < -0.4 is 11.1 Å². The Bertz CT molecular complexity index is 598. The van der Waals surface area contributed by atoms with Crippen LogP contribution >= 0.6 is 11.8 Å². The number of benzene rings is 1. The van der Waals surface area contributed by atoms with Crippen molar-refractivity contribution in [1.29, 1.82) is 0 Å². The molecule has 0 saturated carbocycles. The SMILES string of the molecule is CSCC[C@H](N)C(=O)NCCc1cccc2cccnc12. The minimum absolute atomic E-state index is 0.0720. The molecular weight excluding hydrogens is 282 g/mol. The number of thioether (sulfide) groups is 1. The topological polar surface area (TPSA) is 68.0 Å². The molecule has 1 heterocycles. The predicted octanol–water partition coefficient (Wildman–Crippen LogP) is 1.97. The molecule has 112 valence electrons. The summed E-state index contributed by atoms with van der Waals surface area (Å²) in [4.78, 5) is 16.3. The fraction of sp³-hybridized carbons (Fsp3) is 0.375. The summed E-state index contributed by atoms with van der Waals surface area (Å²) in [6.07, 6.45) is 5.28. The molecule has 0 saturated heterocycles. The maximum Gasteiger partial charge on any atom is 0.236 e. The minimum atomic E-state index is -0.414. The number of carbonyl (C=O) groups excluding carboxylic acids is 1. The third kappa shape index (κ3) is 4.44. The third-order valence-corrected chi connectivity index (χ3v) is 4.02. The van der Waals surface area contributed by atoms with Gasteiger partial charge in [-0.1, -0.05) is 24.3 Å². The molecule has 1 atom stereocenters. The van der Waals surface area contributed by atoms with Gasteiger partial charge in [-0.15, -0.1) is 0 Å². The lowest BCUT2D eigenvalue weighted by Crippen LogP contribution is -2.41. The summed E-state index contributed by atoms with van der Waals surface area (Å²) in [7, 11) is 0. The first-order valence-electron chi connectivity index (χ1n) is 7.07. The fourth-order valence-electron chi connectivity index (χ4n) is 2.20. The van der Waals surface area contributed by atoms with Crippen LogP contribution in [-0.4, -0.2) is 35.5 Å². The summed E-state index contributed by atoms with van der Waals surface area (Å²) in [6.45, 7) is 0.585. The molecule has 5 heteroatoms. The van der Waals surface area contributed by atoms with Crippen LogP contribution in [0.4, 0.5) is 0 Å². The molecule has 1 aromatic heterocycles. The van der Waals surface area contributed by atoms with E-state index >= 15 is 0 Å². The van der Waals surface area contributed by atoms with Crippen LogP contribution in [0.1, 0.15) is 12.0 Å². The molecule has 0 unspecified atom stereocenters. The van der Waals surface area contributed by atoms with Crippen molar-refractivity contribution in [3.8, 4) is 0 Å². The van der Waals surface area contributed by atoms with E-state index in [1.165, 1.54) is 0 Å². The molecule has 0 aliphatic carbocycles. The summed E-state index contributed by atoms with van der Waals surface area (Å²) in [6, 6.07) is 9.67. The predicted molar refractivity (Wildman–Crippen MR) is 89.4 cm³/mol. The van der Waals surface area contributed by atoms with Crippen molar-refractivity contribution in [2.24, 2.45) is 5.73 Å². The zero-order chi connectivity index (χ0) is 15.1. The van der Waals surface area contributed by atoms with Crippen molar-refractivity contribution < 1.29 is 4.79 Å². The van der Waals surface area contributed by atoms with Crippen molar-refractivity contribution in [2.45, 2.75) is 18.9 Å². The zero-order valence-electron chi connectivity index (χ0n) is 12.2. The summed E-state index contributed by atoms with van der Waals surface area (Å²) < 4.78 is 0. The highest BCUT2D eigenvalue weighted by Gasteiger charge is 2.12. The molecule has 1 amide bonds. The number of nitrogens with one attached hydrogen (secondary N) is 1. The van der Waals surface area contributed by atoms with Gasteiger partial charge in [0.15, 0.2) is 0 Å². The van der Waals surface area contributed by atoms with Gasteiger partial charge in [-0.3, -0.25) is 9.78 Å². The van der Waals surface area contributed by atoms with Gasteiger partial charge in [-0.2, -0.15) is 11.8 Å². The van der Waals surface area contributed by atoms with Gasteiger partial charge < -0.3 is 11.1 Å². The number of aromatic nitrogens is 1. The Hall–Kier alpha value is -1.59. The number of para-hydroxylation sites is 1. The van der Waals surface area contributed by atoms with E-state index in [1.807, 2.05) is 30.5 Å². The normalized spacial score (nSPS) is 12.3. The van der Waals surface area contributed by atoms with E-state index in [4.69, 9.17) is 5.73 Å². The van der Waals surface area contributed by atoms with Crippen LogP contribution in [0.3, 0.4) is 0 Å². The number of hydrogen-bond acceptors (Lipinski definition) is 4. The molecular formula is C16H21N3OS. The lowest BCUT2D eigenvalue weighted by molar-refractivity contribution is -0.122. The number of amides is 1. The summed E-state index contributed by atoms with van der Waals surface area (Å²) in [5, 5.41) is 4.03. The van der Waals surface area contributed by atoms with E-state index in [-0.39, 0.29) is 5.91 Å². The molecule has 3 N–H and O–H groups in total. The second kappa shape index (κ2) is 8.00. The van der Waals surface area contributed by atoms with Crippen molar-refractivity contribution in [3.63, 3.8) is 0 Å². The van der Waals surface area contributed by atoms with Gasteiger partial charge in [0.05, 0.1) is 11.6 Å². The molecule has 0 aliphatic rings. The number of nitrogens with two attached hydrogens (primary N) is 1. The molecule has 21 heavy (non-hydrogen) atoms. The van der Waals surface area contributed by atoms with Gasteiger partial charge in [0, 0.05) is 18.1 Å². The maximum absolute atomic E-state index is 11.8. The molecule has 0 aliphatic heterocycles. The first-order chi connectivity index (χ1) is 10.2. The number of carbonyl (C=O) groups is 1. The highest BCUT2D eigenvalue weighted by molar-refractivity contribution is 7.98. The van der Waals surface area contributed by atoms with E-state index in [0.29, 0.717) is 13.0 Å².